The Morgan fingerprint density at radius 1 is 1.42 bits per heavy atom. The average molecular weight is 276 g/mol. The van der Waals surface area contributed by atoms with Gasteiger partial charge in [0.2, 0.25) is 0 Å². The van der Waals surface area contributed by atoms with Gasteiger partial charge in [0.25, 0.3) is 0 Å². The number of aldehydes is 1. The van der Waals surface area contributed by atoms with E-state index in [9.17, 15) is 4.79 Å². The van der Waals surface area contributed by atoms with Crippen LogP contribution in [0.1, 0.15) is 12.5 Å². The van der Waals surface area contributed by atoms with E-state index < -0.39 is 3.42 Å². The van der Waals surface area contributed by atoms with Crippen molar-refractivity contribution in [3.8, 4) is 5.75 Å². The third kappa shape index (κ3) is 1.97. The molecule has 0 saturated carbocycles. The fourth-order valence-corrected chi connectivity index (χ4v) is 1.21. The van der Waals surface area contributed by atoms with Gasteiger partial charge < -0.3 is 9.90 Å². The van der Waals surface area contributed by atoms with Crippen molar-refractivity contribution in [2.24, 2.45) is 0 Å². The van der Waals surface area contributed by atoms with Crippen LogP contribution in [0.4, 0.5) is 0 Å². The highest BCUT2D eigenvalue weighted by Crippen LogP contribution is 2.29. The third-order valence-electron chi connectivity index (χ3n) is 1.65. The summed E-state index contributed by atoms with van der Waals surface area (Å²) < 4.78 is -0.495. The molecule has 1 aromatic carbocycles. The third-order valence-corrected chi connectivity index (χ3v) is 2.53. The van der Waals surface area contributed by atoms with Gasteiger partial charge in [0.15, 0.2) is 0 Å². The first kappa shape index (κ1) is 9.51. The topological polar surface area (TPSA) is 37.3 Å². The van der Waals surface area contributed by atoms with Crippen molar-refractivity contribution in [3.05, 3.63) is 29.8 Å². The number of phenolic OH excluding ortho intramolecular Hbond substituents is 1. The second-order valence-corrected chi connectivity index (χ2v) is 4.98. The number of carbonyl (C=O) groups excluding carboxylic acids is 1. The summed E-state index contributed by atoms with van der Waals surface area (Å²) in [6.07, 6.45) is 0.889. The lowest BCUT2D eigenvalue weighted by molar-refractivity contribution is -0.109. The first-order chi connectivity index (χ1) is 5.56. The molecule has 3 heteroatoms. The van der Waals surface area contributed by atoms with Crippen molar-refractivity contribution in [2.45, 2.75) is 10.3 Å². The zero-order valence-electron chi connectivity index (χ0n) is 6.62. The van der Waals surface area contributed by atoms with Gasteiger partial charge in [-0.1, -0.05) is 34.7 Å². The number of aromatic hydroxyl groups is 1. The molecule has 0 heterocycles. The van der Waals surface area contributed by atoms with Crippen molar-refractivity contribution < 1.29 is 9.90 Å². The molecule has 0 aliphatic carbocycles. The van der Waals surface area contributed by atoms with Crippen LogP contribution in [0, 0.1) is 0 Å². The lowest BCUT2D eigenvalue weighted by atomic mass is 10.0. The van der Waals surface area contributed by atoms with Crippen LogP contribution >= 0.6 is 22.6 Å². The number of halogens is 1. The van der Waals surface area contributed by atoms with Gasteiger partial charge in [-0.15, -0.1) is 0 Å². The number of hydrogen-bond acceptors (Lipinski definition) is 2. The Morgan fingerprint density at radius 2 is 1.92 bits per heavy atom. The van der Waals surface area contributed by atoms with E-state index in [1.165, 1.54) is 0 Å². The van der Waals surface area contributed by atoms with E-state index in [-0.39, 0.29) is 5.75 Å². The Hall–Kier alpha value is -0.580. The number of hydrogen-bond donors (Lipinski definition) is 1. The summed E-state index contributed by atoms with van der Waals surface area (Å²) in [5, 5.41) is 9.00. The molecule has 1 unspecified atom stereocenters. The van der Waals surface area contributed by atoms with Crippen LogP contribution in [0.15, 0.2) is 24.3 Å². The molecular formula is C9H9IO2. The van der Waals surface area contributed by atoms with Crippen LogP contribution in [0.25, 0.3) is 0 Å². The Bertz CT molecular complexity index is 277. The van der Waals surface area contributed by atoms with Gasteiger partial charge in [0.1, 0.15) is 12.0 Å². The smallest absolute Gasteiger partial charge is 0.140 e. The molecule has 0 aliphatic heterocycles. The normalized spacial score (nSPS) is 15.2. The first-order valence-corrected chi connectivity index (χ1v) is 4.59. The Balaban J connectivity index is 3.04. The molecule has 1 aromatic rings. The number of rotatable bonds is 2. The van der Waals surface area contributed by atoms with Crippen molar-refractivity contribution in [3.63, 3.8) is 0 Å². The summed E-state index contributed by atoms with van der Waals surface area (Å²) in [4.78, 5) is 10.6. The molecule has 0 amide bonds. The van der Waals surface area contributed by atoms with E-state index in [2.05, 4.69) is 22.6 Å². The van der Waals surface area contributed by atoms with Gasteiger partial charge in [0, 0.05) is 0 Å². The Kier molecular flexibility index (Phi) is 2.72. The monoisotopic (exact) mass is 276 g/mol. The second-order valence-electron chi connectivity index (χ2n) is 2.74. The highest BCUT2D eigenvalue weighted by Gasteiger charge is 2.20. The summed E-state index contributed by atoms with van der Waals surface area (Å²) in [6.45, 7) is 1.83. The van der Waals surface area contributed by atoms with E-state index in [1.807, 2.05) is 6.92 Å². The number of benzene rings is 1. The fraction of sp³-hybridized carbons (Fsp3) is 0.222. The van der Waals surface area contributed by atoms with E-state index in [1.54, 1.807) is 24.3 Å². The van der Waals surface area contributed by atoms with Gasteiger partial charge in [-0.25, -0.2) is 0 Å². The Morgan fingerprint density at radius 3 is 2.33 bits per heavy atom. The molecule has 0 saturated heterocycles. The van der Waals surface area contributed by atoms with E-state index in [0.29, 0.717) is 0 Å². The van der Waals surface area contributed by atoms with Crippen molar-refractivity contribution in [1.82, 2.24) is 0 Å². The summed E-state index contributed by atoms with van der Waals surface area (Å²) in [5.74, 6) is 0.219. The van der Waals surface area contributed by atoms with Crippen LogP contribution in [0.3, 0.4) is 0 Å². The molecule has 0 radical (unpaired) electrons. The predicted molar refractivity (Wildman–Crippen MR) is 55.5 cm³/mol. The molecule has 12 heavy (non-hydrogen) atoms. The van der Waals surface area contributed by atoms with Crippen molar-refractivity contribution in [2.75, 3.05) is 0 Å². The van der Waals surface area contributed by atoms with Gasteiger partial charge in [-0.05, 0) is 24.6 Å². The standard InChI is InChI=1S/C9H9IO2/c1-9(10,6-11)7-2-4-8(12)5-3-7/h2-6,12H,1H3. The molecule has 0 fully saturated rings. The van der Waals surface area contributed by atoms with Gasteiger partial charge >= 0.3 is 0 Å². The largest absolute Gasteiger partial charge is 0.508 e. The van der Waals surface area contributed by atoms with Crippen LogP contribution < -0.4 is 0 Å². The summed E-state index contributed by atoms with van der Waals surface area (Å²) in [7, 11) is 0. The number of carbonyl (C=O) groups is 1. The molecule has 0 bridgehead atoms. The lowest BCUT2D eigenvalue weighted by Crippen LogP contribution is -2.13. The molecule has 0 spiro atoms. The molecule has 0 aromatic heterocycles. The minimum Gasteiger partial charge on any atom is -0.508 e. The highest BCUT2D eigenvalue weighted by atomic mass is 127. The van der Waals surface area contributed by atoms with Gasteiger partial charge in [0.05, 0.1) is 3.42 Å². The summed E-state index contributed by atoms with van der Waals surface area (Å²) in [5.41, 5.74) is 0.899. The van der Waals surface area contributed by atoms with Crippen LogP contribution in [-0.4, -0.2) is 11.4 Å². The zero-order valence-corrected chi connectivity index (χ0v) is 8.78. The summed E-state index contributed by atoms with van der Waals surface area (Å²) in [6, 6.07) is 6.65. The quantitative estimate of drug-likeness (QED) is 0.511. The molecule has 1 rings (SSSR count). The van der Waals surface area contributed by atoms with Gasteiger partial charge in [-0.3, -0.25) is 0 Å². The van der Waals surface area contributed by atoms with E-state index in [4.69, 9.17) is 5.11 Å². The minimum absolute atomic E-state index is 0.219. The van der Waals surface area contributed by atoms with Crippen LogP contribution in [-0.2, 0) is 8.22 Å². The SMILES string of the molecule is CC(I)(C=O)c1ccc(O)cc1. The highest BCUT2D eigenvalue weighted by molar-refractivity contribution is 14.1. The van der Waals surface area contributed by atoms with Crippen molar-refractivity contribution >= 4 is 28.9 Å². The molecule has 1 N–H and O–H groups in total. The summed E-state index contributed by atoms with van der Waals surface area (Å²) >= 11 is 2.07. The van der Waals surface area contributed by atoms with E-state index in [0.717, 1.165) is 11.8 Å². The fourth-order valence-electron chi connectivity index (χ4n) is 0.855. The number of phenols is 1. The van der Waals surface area contributed by atoms with Gasteiger partial charge in [-0.2, -0.15) is 0 Å². The molecule has 2 nitrogen and oxygen atoms in total. The van der Waals surface area contributed by atoms with E-state index >= 15 is 0 Å². The maximum absolute atomic E-state index is 10.6. The van der Waals surface area contributed by atoms with Crippen molar-refractivity contribution in [1.29, 1.82) is 0 Å². The second kappa shape index (κ2) is 3.43. The number of alkyl halides is 1. The van der Waals surface area contributed by atoms with Crippen LogP contribution in [0.5, 0.6) is 5.75 Å². The lowest BCUT2D eigenvalue weighted by Gasteiger charge is -2.14. The molecular weight excluding hydrogens is 267 g/mol. The Labute approximate surface area is 84.7 Å². The first-order valence-electron chi connectivity index (χ1n) is 3.51. The molecule has 0 aliphatic rings. The maximum Gasteiger partial charge on any atom is 0.140 e. The zero-order chi connectivity index (χ0) is 9.19. The molecule has 1 atom stereocenters. The van der Waals surface area contributed by atoms with Crippen LogP contribution in [0.2, 0.25) is 0 Å². The maximum atomic E-state index is 10.6. The predicted octanol–water partition coefficient (Wildman–Crippen LogP) is 2.24. The molecule has 64 valence electrons. The average Bonchev–Trinajstić information content (AvgIpc) is 2.05. The minimum atomic E-state index is -0.495.